The Hall–Kier alpha value is -1.27. The van der Waals surface area contributed by atoms with E-state index in [1.54, 1.807) is 0 Å². The summed E-state index contributed by atoms with van der Waals surface area (Å²) in [5, 5.41) is 3.18. The van der Waals surface area contributed by atoms with Crippen LogP contribution in [0.4, 0.5) is 11.4 Å². The maximum Gasteiger partial charge on any atom is 0.208 e. The maximum absolute atomic E-state index is 10.9. The van der Waals surface area contributed by atoms with Gasteiger partial charge in [-0.25, -0.2) is 13.1 Å². The molecule has 0 saturated carbocycles. The highest BCUT2D eigenvalue weighted by atomic mass is 32.2. The molecule has 0 aromatic heterocycles. The zero-order valence-electron chi connectivity index (χ0n) is 11.6. The Bertz CT molecular complexity index is 501. The van der Waals surface area contributed by atoms with Gasteiger partial charge in [0.05, 0.1) is 6.26 Å². The first-order chi connectivity index (χ1) is 8.92. The highest BCUT2D eigenvalue weighted by Gasteiger charge is 2.02. The molecule has 0 aliphatic carbocycles. The van der Waals surface area contributed by atoms with Crippen molar-refractivity contribution in [2.45, 2.75) is 26.2 Å². The van der Waals surface area contributed by atoms with Crippen LogP contribution < -0.4 is 15.8 Å². The number of hydrogen-bond donors (Lipinski definition) is 3. The van der Waals surface area contributed by atoms with Crippen LogP contribution in [0.15, 0.2) is 18.2 Å². The third-order valence-corrected chi connectivity index (χ3v) is 3.49. The smallest absolute Gasteiger partial charge is 0.208 e. The zero-order chi connectivity index (χ0) is 14.3. The molecule has 6 heteroatoms. The molecular formula is C13H23N3O2S. The van der Waals surface area contributed by atoms with Crippen LogP contribution in [-0.2, 0) is 16.4 Å². The average molecular weight is 285 g/mol. The van der Waals surface area contributed by atoms with Crippen LogP contribution in [0.25, 0.3) is 0 Å². The lowest BCUT2D eigenvalue weighted by atomic mass is 10.1. The number of benzene rings is 1. The van der Waals surface area contributed by atoms with Gasteiger partial charge in [0.15, 0.2) is 0 Å². The molecule has 1 aromatic rings. The number of anilines is 2. The molecule has 5 nitrogen and oxygen atoms in total. The number of sulfonamides is 1. The highest BCUT2D eigenvalue weighted by Crippen LogP contribution is 2.19. The van der Waals surface area contributed by atoms with E-state index < -0.39 is 10.0 Å². The topological polar surface area (TPSA) is 84.2 Å². The molecule has 0 spiro atoms. The fourth-order valence-electron chi connectivity index (χ4n) is 1.74. The van der Waals surface area contributed by atoms with E-state index in [1.165, 1.54) is 0 Å². The highest BCUT2D eigenvalue weighted by molar-refractivity contribution is 7.88. The fraction of sp³-hybridized carbons (Fsp3) is 0.538. The van der Waals surface area contributed by atoms with Crippen LogP contribution in [0.5, 0.6) is 0 Å². The molecule has 0 radical (unpaired) electrons. The number of aryl methyl sites for hydroxylation is 1. The van der Waals surface area contributed by atoms with Gasteiger partial charge in [-0.2, -0.15) is 0 Å². The summed E-state index contributed by atoms with van der Waals surface area (Å²) in [7, 11) is -3.12. The van der Waals surface area contributed by atoms with E-state index in [0.29, 0.717) is 13.1 Å². The van der Waals surface area contributed by atoms with Gasteiger partial charge in [0.1, 0.15) is 0 Å². The molecule has 0 fully saturated rings. The van der Waals surface area contributed by atoms with Crippen molar-refractivity contribution in [3.8, 4) is 0 Å². The summed E-state index contributed by atoms with van der Waals surface area (Å²) in [5.41, 5.74) is 8.85. The van der Waals surface area contributed by atoms with Crippen LogP contribution in [0.1, 0.15) is 25.3 Å². The summed E-state index contributed by atoms with van der Waals surface area (Å²) >= 11 is 0. The van der Waals surface area contributed by atoms with Gasteiger partial charge in [0.25, 0.3) is 0 Å². The second kappa shape index (κ2) is 7.35. The second-order valence-electron chi connectivity index (χ2n) is 4.61. The van der Waals surface area contributed by atoms with Gasteiger partial charge in [-0.1, -0.05) is 13.3 Å². The molecule has 0 atom stereocenters. The van der Waals surface area contributed by atoms with Crippen molar-refractivity contribution < 1.29 is 8.42 Å². The van der Waals surface area contributed by atoms with Gasteiger partial charge >= 0.3 is 0 Å². The van der Waals surface area contributed by atoms with Crippen molar-refractivity contribution in [3.05, 3.63) is 23.8 Å². The van der Waals surface area contributed by atoms with Crippen molar-refractivity contribution in [3.63, 3.8) is 0 Å². The number of hydrogen-bond acceptors (Lipinski definition) is 4. The van der Waals surface area contributed by atoms with Crippen LogP contribution in [-0.4, -0.2) is 27.8 Å². The van der Waals surface area contributed by atoms with E-state index in [1.807, 2.05) is 18.2 Å². The number of nitrogens with one attached hydrogen (secondary N) is 2. The Morgan fingerprint density at radius 2 is 2.00 bits per heavy atom. The van der Waals surface area contributed by atoms with E-state index in [4.69, 9.17) is 5.73 Å². The van der Waals surface area contributed by atoms with E-state index in [-0.39, 0.29) is 0 Å². The van der Waals surface area contributed by atoms with Crippen LogP contribution in [0.3, 0.4) is 0 Å². The van der Waals surface area contributed by atoms with E-state index in [9.17, 15) is 8.42 Å². The summed E-state index contributed by atoms with van der Waals surface area (Å²) < 4.78 is 24.2. The molecule has 0 amide bonds. The SMILES string of the molecule is CCCCc1cc(NCCNS(C)(=O)=O)ccc1N. The standard InChI is InChI=1S/C13H23N3O2S/c1-3-4-5-11-10-12(6-7-13(11)14)15-8-9-16-19(2,17)18/h6-7,10,15-16H,3-5,8-9,14H2,1-2H3. The first-order valence-corrected chi connectivity index (χ1v) is 8.38. The third-order valence-electron chi connectivity index (χ3n) is 2.76. The van der Waals surface area contributed by atoms with Crippen LogP contribution >= 0.6 is 0 Å². The molecule has 0 bridgehead atoms. The second-order valence-corrected chi connectivity index (χ2v) is 6.44. The Kier molecular flexibility index (Phi) is 6.11. The fourth-order valence-corrected chi connectivity index (χ4v) is 2.22. The lowest BCUT2D eigenvalue weighted by molar-refractivity contribution is 0.589. The Labute approximate surface area is 115 Å². The third kappa shape index (κ3) is 6.45. The molecule has 1 aromatic carbocycles. The molecular weight excluding hydrogens is 262 g/mol. The maximum atomic E-state index is 10.9. The Morgan fingerprint density at radius 1 is 1.26 bits per heavy atom. The van der Waals surface area contributed by atoms with Crippen molar-refractivity contribution in [2.24, 2.45) is 0 Å². The zero-order valence-corrected chi connectivity index (χ0v) is 12.4. The number of nitrogens with two attached hydrogens (primary N) is 1. The summed E-state index contributed by atoms with van der Waals surface area (Å²) in [4.78, 5) is 0. The minimum absolute atomic E-state index is 0.369. The summed E-state index contributed by atoms with van der Waals surface area (Å²) in [6.07, 6.45) is 4.37. The molecule has 108 valence electrons. The van der Waals surface area contributed by atoms with Gasteiger partial charge in [-0.15, -0.1) is 0 Å². The first kappa shape index (κ1) is 15.8. The lowest BCUT2D eigenvalue weighted by Crippen LogP contribution is -2.27. The Balaban J connectivity index is 2.50. The van der Waals surface area contributed by atoms with E-state index >= 15 is 0 Å². The lowest BCUT2D eigenvalue weighted by Gasteiger charge is -2.10. The normalized spacial score (nSPS) is 11.5. The van der Waals surface area contributed by atoms with Gasteiger partial charge in [-0.05, 0) is 36.6 Å². The first-order valence-electron chi connectivity index (χ1n) is 6.49. The molecule has 0 heterocycles. The number of rotatable bonds is 8. The number of unbranched alkanes of at least 4 members (excludes halogenated alkanes) is 1. The van der Waals surface area contributed by atoms with Gasteiger partial charge in [-0.3, -0.25) is 0 Å². The molecule has 4 N–H and O–H groups in total. The van der Waals surface area contributed by atoms with Crippen molar-refractivity contribution in [2.75, 3.05) is 30.4 Å². The molecule has 1 rings (SSSR count). The van der Waals surface area contributed by atoms with Gasteiger partial charge in [0, 0.05) is 24.5 Å². The molecule has 0 unspecified atom stereocenters. The predicted molar refractivity (Wildman–Crippen MR) is 80.8 cm³/mol. The molecule has 0 aliphatic heterocycles. The average Bonchev–Trinajstić information content (AvgIpc) is 2.33. The molecule has 19 heavy (non-hydrogen) atoms. The largest absolute Gasteiger partial charge is 0.399 e. The van der Waals surface area contributed by atoms with Gasteiger partial charge in [0.2, 0.25) is 10.0 Å². The minimum atomic E-state index is -3.12. The summed E-state index contributed by atoms with van der Waals surface area (Å²) in [5.74, 6) is 0. The van der Waals surface area contributed by atoms with Crippen LogP contribution in [0, 0.1) is 0 Å². The summed E-state index contributed by atoms with van der Waals surface area (Å²) in [6, 6.07) is 5.83. The monoisotopic (exact) mass is 285 g/mol. The van der Waals surface area contributed by atoms with Crippen LogP contribution in [0.2, 0.25) is 0 Å². The molecule has 0 saturated heterocycles. The van der Waals surface area contributed by atoms with E-state index in [0.717, 1.165) is 42.5 Å². The van der Waals surface area contributed by atoms with E-state index in [2.05, 4.69) is 17.0 Å². The quantitative estimate of drug-likeness (QED) is 0.500. The number of nitrogen functional groups attached to an aromatic ring is 1. The molecule has 0 aliphatic rings. The van der Waals surface area contributed by atoms with Crippen molar-refractivity contribution in [1.29, 1.82) is 0 Å². The minimum Gasteiger partial charge on any atom is -0.399 e. The van der Waals surface area contributed by atoms with Gasteiger partial charge < -0.3 is 11.1 Å². The van der Waals surface area contributed by atoms with Crippen molar-refractivity contribution >= 4 is 21.4 Å². The Morgan fingerprint density at radius 3 is 2.63 bits per heavy atom. The van der Waals surface area contributed by atoms with Crippen molar-refractivity contribution in [1.82, 2.24) is 4.72 Å². The summed E-state index contributed by atoms with van der Waals surface area (Å²) in [6.45, 7) is 3.06. The predicted octanol–water partition coefficient (Wildman–Crippen LogP) is 1.57.